The molecule has 2 heterocycles. The lowest BCUT2D eigenvalue weighted by Crippen LogP contribution is -2.23. The Labute approximate surface area is 154 Å². The second kappa shape index (κ2) is 9.56. The number of anilines is 2. The Morgan fingerprint density at radius 3 is 2.42 bits per heavy atom. The van der Waals surface area contributed by atoms with Crippen molar-refractivity contribution in [3.8, 4) is 0 Å². The third kappa shape index (κ3) is 4.39. The first-order valence-electron chi connectivity index (χ1n) is 8.73. The number of benzene rings is 1. The summed E-state index contributed by atoms with van der Waals surface area (Å²) in [6.45, 7) is 13.7. The van der Waals surface area contributed by atoms with Crippen LogP contribution >= 0.6 is 0 Å². The number of aryl methyl sites for hydroxylation is 1. The fourth-order valence-electron chi connectivity index (χ4n) is 2.34. The van der Waals surface area contributed by atoms with Crippen LogP contribution in [0.3, 0.4) is 0 Å². The first kappa shape index (κ1) is 21.2. The van der Waals surface area contributed by atoms with E-state index in [9.17, 15) is 9.18 Å². The van der Waals surface area contributed by atoms with Gasteiger partial charge in [0.25, 0.3) is 5.56 Å². The fourth-order valence-corrected chi connectivity index (χ4v) is 2.34. The number of halogens is 1. The summed E-state index contributed by atoms with van der Waals surface area (Å²) in [5, 5.41) is 5.86. The molecule has 140 valence electrons. The summed E-state index contributed by atoms with van der Waals surface area (Å²) in [7, 11) is 1.63. The van der Waals surface area contributed by atoms with E-state index in [-0.39, 0.29) is 11.4 Å². The van der Waals surface area contributed by atoms with Gasteiger partial charge in [-0.15, -0.1) is 0 Å². The summed E-state index contributed by atoms with van der Waals surface area (Å²) in [6.07, 6.45) is 1.47. The maximum Gasteiger partial charge on any atom is 0.254 e. The number of fused-ring (bicyclic) bond motifs is 1. The van der Waals surface area contributed by atoms with Gasteiger partial charge in [-0.25, -0.2) is 9.38 Å². The molecular weight excluding hydrogens is 331 g/mol. The zero-order chi connectivity index (χ0) is 19.9. The standard InChI is InChI=1S/C16H15FN4O.2C2H6/c1-9-4-5-12(11(17)6-9)20-13-7-14(22)21(3)16-15(13)10(2)18-8-19-16;2*1-2/h4-8,20H,2H2,1,3H3,(H,18,19);2*1-2H3. The monoisotopic (exact) mass is 358 g/mol. The molecule has 0 bridgehead atoms. The molecule has 1 aliphatic heterocycles. The molecule has 2 aromatic rings. The molecule has 0 atom stereocenters. The van der Waals surface area contributed by atoms with Crippen LogP contribution in [0.2, 0.25) is 0 Å². The van der Waals surface area contributed by atoms with Gasteiger partial charge in [0.05, 0.1) is 23.3 Å². The van der Waals surface area contributed by atoms with Crippen LogP contribution in [0.25, 0.3) is 5.70 Å². The fraction of sp³-hybridized carbons (Fsp3) is 0.300. The molecule has 0 fully saturated rings. The second-order valence-corrected chi connectivity index (χ2v) is 5.14. The molecule has 0 unspecified atom stereocenters. The lowest BCUT2D eigenvalue weighted by molar-refractivity contribution is 0.630. The summed E-state index contributed by atoms with van der Waals surface area (Å²) >= 11 is 0. The minimum Gasteiger partial charge on any atom is -0.352 e. The lowest BCUT2D eigenvalue weighted by Gasteiger charge is -2.21. The highest BCUT2D eigenvalue weighted by molar-refractivity contribution is 5.91. The molecule has 3 rings (SSSR count). The zero-order valence-corrected chi connectivity index (χ0v) is 16.3. The molecule has 5 nitrogen and oxygen atoms in total. The Morgan fingerprint density at radius 1 is 1.15 bits per heavy atom. The van der Waals surface area contributed by atoms with E-state index in [2.05, 4.69) is 22.2 Å². The number of pyridine rings is 1. The predicted molar refractivity (Wildman–Crippen MR) is 109 cm³/mol. The van der Waals surface area contributed by atoms with Crippen molar-refractivity contribution in [1.82, 2.24) is 9.88 Å². The van der Waals surface area contributed by atoms with Crippen LogP contribution in [0.15, 0.2) is 40.6 Å². The number of aliphatic imine (C=N–C) groups is 1. The highest BCUT2D eigenvalue weighted by Gasteiger charge is 2.19. The number of rotatable bonds is 2. The summed E-state index contributed by atoms with van der Waals surface area (Å²) in [5.41, 5.74) is 2.59. The predicted octanol–water partition coefficient (Wildman–Crippen LogP) is 4.86. The largest absolute Gasteiger partial charge is 0.352 e. The normalized spacial score (nSPS) is 11.3. The highest BCUT2D eigenvalue weighted by atomic mass is 19.1. The Morgan fingerprint density at radius 2 is 1.81 bits per heavy atom. The van der Waals surface area contributed by atoms with E-state index in [1.807, 2.05) is 34.6 Å². The Bertz CT molecular complexity index is 869. The third-order valence-electron chi connectivity index (χ3n) is 3.53. The quantitative estimate of drug-likeness (QED) is 0.806. The molecule has 0 radical (unpaired) electrons. The van der Waals surface area contributed by atoms with Gasteiger partial charge in [-0.3, -0.25) is 9.36 Å². The molecule has 6 heteroatoms. The van der Waals surface area contributed by atoms with Gasteiger partial charge in [0.1, 0.15) is 11.6 Å². The van der Waals surface area contributed by atoms with Crippen LogP contribution in [0, 0.1) is 12.7 Å². The number of aromatic nitrogens is 1. The Hall–Kier alpha value is -2.89. The van der Waals surface area contributed by atoms with E-state index < -0.39 is 0 Å². The number of hydrogen-bond acceptors (Lipinski definition) is 4. The van der Waals surface area contributed by atoms with E-state index >= 15 is 0 Å². The Balaban J connectivity index is 0.000000791. The van der Waals surface area contributed by atoms with Crippen LogP contribution in [0.1, 0.15) is 38.8 Å². The van der Waals surface area contributed by atoms with E-state index in [1.54, 1.807) is 19.2 Å². The van der Waals surface area contributed by atoms with Crippen LogP contribution in [0.5, 0.6) is 0 Å². The molecule has 1 aromatic carbocycles. The maximum absolute atomic E-state index is 14.0. The summed E-state index contributed by atoms with van der Waals surface area (Å²) in [4.78, 5) is 16.2. The van der Waals surface area contributed by atoms with Crippen molar-refractivity contribution < 1.29 is 4.39 Å². The smallest absolute Gasteiger partial charge is 0.254 e. The van der Waals surface area contributed by atoms with E-state index in [1.165, 1.54) is 23.0 Å². The van der Waals surface area contributed by atoms with Gasteiger partial charge in [0.15, 0.2) is 0 Å². The second-order valence-electron chi connectivity index (χ2n) is 5.14. The van der Waals surface area contributed by atoms with Gasteiger partial charge in [0.2, 0.25) is 0 Å². The van der Waals surface area contributed by atoms with Gasteiger partial charge < -0.3 is 10.6 Å². The topological polar surface area (TPSA) is 58.4 Å². The van der Waals surface area contributed by atoms with Gasteiger partial charge >= 0.3 is 0 Å². The molecule has 0 aliphatic carbocycles. The molecule has 26 heavy (non-hydrogen) atoms. The van der Waals surface area contributed by atoms with Crippen LogP contribution < -0.4 is 16.2 Å². The van der Waals surface area contributed by atoms with Crippen molar-refractivity contribution in [2.24, 2.45) is 12.0 Å². The first-order valence-corrected chi connectivity index (χ1v) is 8.73. The van der Waals surface area contributed by atoms with Crippen molar-refractivity contribution >= 4 is 29.2 Å². The first-order chi connectivity index (χ1) is 12.5. The van der Waals surface area contributed by atoms with E-state index in [0.717, 1.165) is 5.56 Å². The summed E-state index contributed by atoms with van der Waals surface area (Å²) in [5.74, 6) is 0.0959. The average Bonchev–Trinajstić information content (AvgIpc) is 2.65. The highest BCUT2D eigenvalue weighted by Crippen LogP contribution is 2.33. The van der Waals surface area contributed by atoms with E-state index in [0.29, 0.717) is 28.5 Å². The van der Waals surface area contributed by atoms with Crippen molar-refractivity contribution in [2.75, 3.05) is 5.32 Å². The summed E-state index contributed by atoms with van der Waals surface area (Å²) in [6, 6.07) is 6.27. The molecular formula is C20H27FN4O. The van der Waals surface area contributed by atoms with Gasteiger partial charge in [-0.1, -0.05) is 40.3 Å². The van der Waals surface area contributed by atoms with Crippen molar-refractivity contribution in [3.05, 3.63) is 58.1 Å². The molecule has 2 N–H and O–H groups in total. The minimum absolute atomic E-state index is 0.236. The maximum atomic E-state index is 14.0. The van der Waals surface area contributed by atoms with Crippen LogP contribution in [-0.2, 0) is 7.05 Å². The molecule has 0 spiro atoms. The van der Waals surface area contributed by atoms with Crippen molar-refractivity contribution in [2.45, 2.75) is 34.6 Å². The SMILES string of the molecule is C=C1NC=Nc2c1c(Nc1ccc(C)cc1F)cc(=O)n2C.CC.CC. The van der Waals surface area contributed by atoms with Crippen LogP contribution in [0.4, 0.5) is 21.6 Å². The van der Waals surface area contributed by atoms with Crippen molar-refractivity contribution in [3.63, 3.8) is 0 Å². The lowest BCUT2D eigenvalue weighted by atomic mass is 10.1. The summed E-state index contributed by atoms with van der Waals surface area (Å²) < 4.78 is 15.5. The van der Waals surface area contributed by atoms with Crippen molar-refractivity contribution in [1.29, 1.82) is 0 Å². The van der Waals surface area contributed by atoms with Gasteiger partial charge in [-0.2, -0.15) is 0 Å². The Kier molecular flexibility index (Phi) is 7.77. The molecule has 1 aliphatic rings. The van der Waals surface area contributed by atoms with Gasteiger partial charge in [0, 0.05) is 18.8 Å². The van der Waals surface area contributed by atoms with Gasteiger partial charge in [-0.05, 0) is 24.6 Å². The van der Waals surface area contributed by atoms with E-state index in [4.69, 9.17) is 0 Å². The zero-order valence-electron chi connectivity index (χ0n) is 16.3. The number of nitrogens with zero attached hydrogens (tertiary/aromatic N) is 2. The third-order valence-corrected chi connectivity index (χ3v) is 3.53. The average molecular weight is 358 g/mol. The molecule has 0 saturated carbocycles. The minimum atomic E-state index is -0.382. The molecule has 0 amide bonds. The number of hydrogen-bond donors (Lipinski definition) is 2. The number of nitrogens with one attached hydrogen (secondary N) is 2. The van der Waals surface area contributed by atoms with Crippen LogP contribution in [-0.4, -0.2) is 10.9 Å². The molecule has 1 aromatic heterocycles. The molecule has 0 saturated heterocycles.